The van der Waals surface area contributed by atoms with Crippen LogP contribution in [0.5, 0.6) is 5.88 Å². The quantitative estimate of drug-likeness (QED) is 0.648. The Hall–Kier alpha value is -1.90. The highest BCUT2D eigenvalue weighted by molar-refractivity contribution is 7.17. The number of hydrogen-bond acceptors (Lipinski definition) is 6. The van der Waals surface area contributed by atoms with Crippen molar-refractivity contribution in [2.45, 2.75) is 38.3 Å². The summed E-state index contributed by atoms with van der Waals surface area (Å²) in [6.07, 6.45) is 3.68. The normalized spacial score (nSPS) is 22.9. The molecule has 8 heteroatoms. The van der Waals surface area contributed by atoms with E-state index in [2.05, 4.69) is 10.1 Å². The number of nitrogens with one attached hydrogen (secondary N) is 1. The SMILES string of the molecule is CCc1nc2sc([C@@H](c3ccco3)[NH+]3CCC(O)CC3)c(O)n2n1. The van der Waals surface area contributed by atoms with Crippen LogP contribution >= 0.6 is 11.3 Å². The molecule has 0 aliphatic carbocycles. The monoisotopic (exact) mass is 349 g/mol. The molecule has 1 fully saturated rings. The minimum atomic E-state index is -0.228. The number of quaternary nitrogens is 1. The predicted octanol–water partition coefficient (Wildman–Crippen LogP) is 0.781. The van der Waals surface area contributed by atoms with Crippen LogP contribution in [0.1, 0.15) is 42.3 Å². The number of aliphatic hydroxyl groups is 1. The Kier molecular flexibility index (Phi) is 4.03. The molecule has 24 heavy (non-hydrogen) atoms. The second-order valence-electron chi connectivity index (χ2n) is 6.20. The summed E-state index contributed by atoms with van der Waals surface area (Å²) < 4.78 is 7.19. The largest absolute Gasteiger partial charge is 0.492 e. The summed E-state index contributed by atoms with van der Waals surface area (Å²) in [7, 11) is 0. The maximum Gasteiger partial charge on any atom is 0.235 e. The van der Waals surface area contributed by atoms with E-state index < -0.39 is 0 Å². The average molecular weight is 349 g/mol. The number of aromatic nitrogens is 3. The Labute approximate surface area is 143 Å². The number of aryl methyl sites for hydroxylation is 1. The van der Waals surface area contributed by atoms with Crippen molar-refractivity contribution in [3.63, 3.8) is 0 Å². The number of likely N-dealkylation sites (tertiary alicyclic amines) is 1. The molecule has 0 aromatic carbocycles. The molecule has 0 spiro atoms. The molecule has 3 aromatic heterocycles. The summed E-state index contributed by atoms with van der Waals surface area (Å²) in [6.45, 7) is 3.66. The Morgan fingerprint density at radius 1 is 1.46 bits per heavy atom. The van der Waals surface area contributed by atoms with Crippen LogP contribution in [-0.2, 0) is 6.42 Å². The van der Waals surface area contributed by atoms with Crippen LogP contribution in [0.2, 0.25) is 0 Å². The minimum absolute atomic E-state index is 0.105. The highest BCUT2D eigenvalue weighted by Crippen LogP contribution is 2.35. The van der Waals surface area contributed by atoms with Crippen LogP contribution in [0, 0.1) is 0 Å². The second kappa shape index (κ2) is 6.19. The zero-order valence-corrected chi connectivity index (χ0v) is 14.3. The highest BCUT2D eigenvalue weighted by atomic mass is 32.1. The van der Waals surface area contributed by atoms with Gasteiger partial charge in [-0.3, -0.25) is 0 Å². The molecule has 1 aliphatic heterocycles. The van der Waals surface area contributed by atoms with Gasteiger partial charge >= 0.3 is 0 Å². The first-order valence-corrected chi connectivity index (χ1v) is 9.12. The molecule has 7 nitrogen and oxygen atoms in total. The van der Waals surface area contributed by atoms with E-state index in [0.29, 0.717) is 4.96 Å². The number of fused-ring (bicyclic) bond motifs is 1. The van der Waals surface area contributed by atoms with E-state index in [1.807, 2.05) is 19.1 Å². The smallest absolute Gasteiger partial charge is 0.235 e. The molecule has 0 radical (unpaired) electrons. The van der Waals surface area contributed by atoms with Crippen molar-refractivity contribution < 1.29 is 19.5 Å². The number of nitrogens with zero attached hydrogens (tertiary/aromatic N) is 3. The second-order valence-corrected chi connectivity index (χ2v) is 7.21. The summed E-state index contributed by atoms with van der Waals surface area (Å²) in [6, 6.07) is 3.70. The van der Waals surface area contributed by atoms with Gasteiger partial charge in [-0.15, -0.1) is 5.10 Å². The molecule has 4 rings (SSSR count). The van der Waals surface area contributed by atoms with Gasteiger partial charge in [0.15, 0.2) is 17.6 Å². The maximum absolute atomic E-state index is 10.7. The van der Waals surface area contributed by atoms with Crippen LogP contribution in [0.15, 0.2) is 22.8 Å². The van der Waals surface area contributed by atoms with Gasteiger partial charge in [0.25, 0.3) is 0 Å². The summed E-state index contributed by atoms with van der Waals surface area (Å²) in [4.78, 5) is 7.26. The number of furan rings is 1. The molecule has 0 saturated carbocycles. The molecule has 128 valence electrons. The lowest BCUT2D eigenvalue weighted by atomic mass is 10.0. The fraction of sp³-hybridized carbons (Fsp3) is 0.500. The number of rotatable bonds is 4. The molecule has 4 heterocycles. The van der Waals surface area contributed by atoms with Gasteiger partial charge in [-0.1, -0.05) is 18.3 Å². The van der Waals surface area contributed by atoms with Crippen LogP contribution < -0.4 is 4.90 Å². The molecule has 3 aromatic rings. The summed E-state index contributed by atoms with van der Waals surface area (Å²) in [5, 5.41) is 24.9. The fourth-order valence-electron chi connectivity index (χ4n) is 3.36. The van der Waals surface area contributed by atoms with E-state index in [9.17, 15) is 10.2 Å². The first kappa shape index (κ1) is 15.6. The van der Waals surface area contributed by atoms with E-state index >= 15 is 0 Å². The third-order valence-corrected chi connectivity index (χ3v) is 5.74. The Balaban J connectivity index is 1.76. The Bertz CT molecular complexity index is 818. The Morgan fingerprint density at radius 2 is 2.25 bits per heavy atom. The van der Waals surface area contributed by atoms with Crippen molar-refractivity contribution in [2.75, 3.05) is 13.1 Å². The van der Waals surface area contributed by atoms with E-state index in [4.69, 9.17) is 4.42 Å². The number of thiazole rings is 1. The van der Waals surface area contributed by atoms with E-state index in [1.165, 1.54) is 20.8 Å². The first-order chi connectivity index (χ1) is 11.7. The lowest BCUT2D eigenvalue weighted by molar-refractivity contribution is -0.932. The van der Waals surface area contributed by atoms with Crippen molar-refractivity contribution in [3.8, 4) is 5.88 Å². The molecule has 1 aliphatic rings. The van der Waals surface area contributed by atoms with Crippen molar-refractivity contribution in [1.82, 2.24) is 14.6 Å². The highest BCUT2D eigenvalue weighted by Gasteiger charge is 2.36. The lowest BCUT2D eigenvalue weighted by Gasteiger charge is -2.31. The maximum atomic E-state index is 10.7. The van der Waals surface area contributed by atoms with Crippen molar-refractivity contribution in [2.24, 2.45) is 0 Å². The van der Waals surface area contributed by atoms with Gasteiger partial charge in [-0.2, -0.15) is 4.52 Å². The third-order valence-electron chi connectivity index (χ3n) is 4.66. The number of aliphatic hydroxyl groups excluding tert-OH is 1. The van der Waals surface area contributed by atoms with E-state index in [1.54, 1.807) is 6.26 Å². The average Bonchev–Trinajstić information content (AvgIpc) is 3.29. The zero-order valence-electron chi connectivity index (χ0n) is 13.5. The van der Waals surface area contributed by atoms with Gasteiger partial charge in [0.1, 0.15) is 4.88 Å². The van der Waals surface area contributed by atoms with Gasteiger partial charge < -0.3 is 19.5 Å². The molecule has 0 unspecified atom stereocenters. The summed E-state index contributed by atoms with van der Waals surface area (Å²) in [5.41, 5.74) is 0. The van der Waals surface area contributed by atoms with Gasteiger partial charge in [0.2, 0.25) is 10.8 Å². The summed E-state index contributed by atoms with van der Waals surface area (Å²) in [5.74, 6) is 1.69. The van der Waals surface area contributed by atoms with E-state index in [0.717, 1.165) is 48.8 Å². The van der Waals surface area contributed by atoms with Crippen LogP contribution in [0.25, 0.3) is 4.96 Å². The van der Waals surface area contributed by atoms with Crippen LogP contribution in [0.4, 0.5) is 0 Å². The van der Waals surface area contributed by atoms with Gasteiger partial charge in [-0.05, 0) is 12.1 Å². The first-order valence-electron chi connectivity index (χ1n) is 8.30. The summed E-state index contributed by atoms with van der Waals surface area (Å²) >= 11 is 1.46. The molecular weight excluding hydrogens is 328 g/mol. The molecule has 1 saturated heterocycles. The third kappa shape index (κ3) is 2.60. The van der Waals surface area contributed by atoms with E-state index in [-0.39, 0.29) is 18.0 Å². The van der Waals surface area contributed by atoms with Crippen LogP contribution in [-0.4, -0.2) is 44.0 Å². The van der Waals surface area contributed by atoms with Gasteiger partial charge in [-0.25, -0.2) is 4.98 Å². The standard InChI is InChI=1S/C16H20N4O3S/c1-2-12-17-16-20(18-12)15(22)14(24-16)13(11-4-3-9-23-11)19-7-5-10(21)6-8-19/h3-4,9-10,13,21-22H,2,5-8H2,1H3/p+1/t13-/m1/s1. The van der Waals surface area contributed by atoms with Gasteiger partial charge in [0.05, 0.1) is 25.5 Å². The molecule has 0 amide bonds. The molecule has 0 bridgehead atoms. The van der Waals surface area contributed by atoms with Gasteiger partial charge in [0, 0.05) is 19.3 Å². The molecule has 3 N–H and O–H groups in total. The predicted molar refractivity (Wildman–Crippen MR) is 88.4 cm³/mol. The van der Waals surface area contributed by atoms with Crippen molar-refractivity contribution in [3.05, 3.63) is 34.9 Å². The zero-order chi connectivity index (χ0) is 16.7. The van der Waals surface area contributed by atoms with Crippen molar-refractivity contribution in [1.29, 1.82) is 0 Å². The minimum Gasteiger partial charge on any atom is -0.492 e. The number of piperidine rings is 1. The number of hydrogen-bond donors (Lipinski definition) is 3. The number of aromatic hydroxyl groups is 1. The topological polar surface area (TPSA) is 88.2 Å². The molecular formula is C16H21N4O3S+. The molecule has 1 atom stereocenters. The Morgan fingerprint density at radius 3 is 2.88 bits per heavy atom. The lowest BCUT2D eigenvalue weighted by Crippen LogP contribution is -3.13. The fourth-order valence-corrected chi connectivity index (χ4v) is 4.50. The van der Waals surface area contributed by atoms with Crippen LogP contribution in [0.3, 0.4) is 0 Å². The van der Waals surface area contributed by atoms with Crippen molar-refractivity contribution >= 4 is 16.3 Å².